The number of hydrogen-bond acceptors (Lipinski definition) is 4. The number of aromatic nitrogens is 1. The number of para-hydroxylation sites is 2. The number of nitrogens with zero attached hydrogens (tertiary/aromatic N) is 1. The number of rotatable bonds is 10. The third-order valence-electron chi connectivity index (χ3n) is 7.08. The molecule has 0 bridgehead atoms. The fraction of sp³-hybridized carbons (Fsp3) is 0.258. The highest BCUT2D eigenvalue weighted by Crippen LogP contribution is 2.37. The molecule has 1 aliphatic carbocycles. The Hall–Kier alpha value is -3.54. The minimum Gasteiger partial charge on any atom is -0.491 e. The van der Waals surface area contributed by atoms with E-state index in [1.807, 2.05) is 30.3 Å². The average Bonchev–Trinajstić information content (AvgIpc) is 3.54. The summed E-state index contributed by atoms with van der Waals surface area (Å²) in [5, 5.41) is 1.91. The van der Waals surface area contributed by atoms with Gasteiger partial charge >= 0.3 is 5.97 Å². The maximum atomic E-state index is 11.5. The normalized spacial score (nSPS) is 14.9. The van der Waals surface area contributed by atoms with Gasteiger partial charge in [0.15, 0.2) is 0 Å². The van der Waals surface area contributed by atoms with Gasteiger partial charge in [0, 0.05) is 42.3 Å². The van der Waals surface area contributed by atoms with E-state index in [4.69, 9.17) is 21.1 Å². The number of hydrogen-bond donors (Lipinski definition) is 1. The van der Waals surface area contributed by atoms with E-state index in [0.717, 1.165) is 43.7 Å². The van der Waals surface area contributed by atoms with Crippen LogP contribution in [0.2, 0.25) is 5.02 Å². The number of H-pyrrole nitrogens is 1. The van der Waals surface area contributed by atoms with Crippen LogP contribution in [0.15, 0.2) is 79.0 Å². The zero-order valence-corrected chi connectivity index (χ0v) is 21.7. The van der Waals surface area contributed by atoms with Gasteiger partial charge in [-0.3, -0.25) is 4.90 Å². The van der Waals surface area contributed by atoms with Gasteiger partial charge < -0.3 is 14.5 Å². The summed E-state index contributed by atoms with van der Waals surface area (Å²) in [5.74, 6) is 0.370. The molecule has 5 nitrogen and oxygen atoms in total. The minimum absolute atomic E-state index is 0.314. The highest BCUT2D eigenvalue weighted by molar-refractivity contribution is 6.32. The van der Waals surface area contributed by atoms with E-state index < -0.39 is 0 Å². The number of carbonyl (C=O) groups is 1. The van der Waals surface area contributed by atoms with E-state index in [-0.39, 0.29) is 5.97 Å². The second-order valence-corrected chi connectivity index (χ2v) is 9.70. The molecular formula is C31H31ClN2O3. The molecule has 0 saturated heterocycles. The van der Waals surface area contributed by atoms with Crippen LogP contribution in [-0.2, 0) is 22.4 Å². The Balaban J connectivity index is 1.33. The SMILES string of the molecule is COC(=O)C=Cc1ccc2c(c1)CCC2N(CCOc1ccccc1Cl)CCc1c[nH]c2ccccc12. The highest BCUT2D eigenvalue weighted by atomic mass is 35.5. The average molecular weight is 515 g/mol. The first kappa shape index (κ1) is 25.1. The van der Waals surface area contributed by atoms with Crippen LogP contribution in [0, 0.1) is 0 Å². The molecule has 0 fully saturated rings. The maximum absolute atomic E-state index is 11.5. The predicted molar refractivity (Wildman–Crippen MR) is 149 cm³/mol. The molecule has 5 rings (SSSR count). The van der Waals surface area contributed by atoms with Crippen LogP contribution in [0.5, 0.6) is 5.75 Å². The molecule has 0 saturated carbocycles. The van der Waals surface area contributed by atoms with Crippen LogP contribution in [-0.4, -0.2) is 42.7 Å². The smallest absolute Gasteiger partial charge is 0.330 e. The molecular weight excluding hydrogens is 484 g/mol. The van der Waals surface area contributed by atoms with Crippen LogP contribution in [0.1, 0.15) is 34.7 Å². The van der Waals surface area contributed by atoms with Crippen LogP contribution in [0.4, 0.5) is 0 Å². The van der Waals surface area contributed by atoms with Gasteiger partial charge in [-0.05, 0) is 65.8 Å². The van der Waals surface area contributed by atoms with Gasteiger partial charge in [-0.15, -0.1) is 0 Å². The van der Waals surface area contributed by atoms with Crippen LogP contribution in [0.3, 0.4) is 0 Å². The number of esters is 1. The van der Waals surface area contributed by atoms with Crippen molar-refractivity contribution < 1.29 is 14.3 Å². The number of methoxy groups -OCH3 is 1. The summed E-state index contributed by atoms with van der Waals surface area (Å²) in [5.41, 5.74) is 6.20. The molecule has 0 radical (unpaired) electrons. The zero-order valence-electron chi connectivity index (χ0n) is 21.0. The first-order valence-corrected chi connectivity index (χ1v) is 13.1. The molecule has 4 aromatic rings. The molecule has 0 spiro atoms. The standard InChI is InChI=1S/C31H31ClN2O3/c1-36-31(35)15-11-22-10-13-26-23(20-22)12-14-29(26)34(18-19-37-30-9-5-3-7-27(30)32)17-16-24-21-33-28-8-4-2-6-25(24)28/h2-11,13,15,20-21,29,33H,12,14,16-19H2,1H3. The Morgan fingerprint density at radius 3 is 2.81 bits per heavy atom. The predicted octanol–water partition coefficient (Wildman–Crippen LogP) is 6.62. The second kappa shape index (κ2) is 11.7. The van der Waals surface area contributed by atoms with E-state index in [0.29, 0.717) is 17.7 Å². The van der Waals surface area contributed by atoms with Gasteiger partial charge in [-0.2, -0.15) is 0 Å². The van der Waals surface area contributed by atoms with Gasteiger partial charge in [0.1, 0.15) is 12.4 Å². The molecule has 3 aromatic carbocycles. The molecule has 37 heavy (non-hydrogen) atoms. The number of benzene rings is 3. The molecule has 1 unspecified atom stereocenters. The molecule has 1 heterocycles. The molecule has 1 aromatic heterocycles. The van der Waals surface area contributed by atoms with Gasteiger partial charge in [0.05, 0.1) is 12.1 Å². The van der Waals surface area contributed by atoms with E-state index >= 15 is 0 Å². The van der Waals surface area contributed by atoms with Crippen molar-refractivity contribution in [1.29, 1.82) is 0 Å². The molecule has 1 aliphatic rings. The lowest BCUT2D eigenvalue weighted by Crippen LogP contribution is -2.33. The monoisotopic (exact) mass is 514 g/mol. The van der Waals surface area contributed by atoms with E-state index in [1.165, 1.54) is 40.8 Å². The first-order valence-electron chi connectivity index (χ1n) is 12.7. The van der Waals surface area contributed by atoms with Gasteiger partial charge in [-0.1, -0.05) is 60.1 Å². The number of ether oxygens (including phenoxy) is 2. The summed E-state index contributed by atoms with van der Waals surface area (Å²) in [4.78, 5) is 17.4. The molecule has 1 N–H and O–H groups in total. The summed E-state index contributed by atoms with van der Waals surface area (Å²) >= 11 is 6.31. The third kappa shape index (κ3) is 5.90. The summed E-state index contributed by atoms with van der Waals surface area (Å²) < 4.78 is 10.8. The number of aromatic amines is 1. The van der Waals surface area contributed by atoms with Crippen molar-refractivity contribution >= 4 is 34.5 Å². The topological polar surface area (TPSA) is 54.6 Å². The van der Waals surface area contributed by atoms with Gasteiger partial charge in [-0.25, -0.2) is 4.79 Å². The van der Waals surface area contributed by atoms with Crippen LogP contribution < -0.4 is 4.74 Å². The third-order valence-corrected chi connectivity index (χ3v) is 7.40. The zero-order chi connectivity index (χ0) is 25.6. The lowest BCUT2D eigenvalue weighted by molar-refractivity contribution is -0.134. The van der Waals surface area contributed by atoms with E-state index in [1.54, 1.807) is 0 Å². The molecule has 190 valence electrons. The van der Waals surface area contributed by atoms with Crippen molar-refractivity contribution in [2.45, 2.75) is 25.3 Å². The Morgan fingerprint density at radius 2 is 1.95 bits per heavy atom. The minimum atomic E-state index is -0.347. The van der Waals surface area contributed by atoms with Crippen molar-refractivity contribution in [1.82, 2.24) is 9.88 Å². The summed E-state index contributed by atoms with van der Waals surface area (Å²) in [6.45, 7) is 2.27. The van der Waals surface area contributed by atoms with Crippen LogP contribution in [0.25, 0.3) is 17.0 Å². The van der Waals surface area contributed by atoms with Crippen LogP contribution >= 0.6 is 11.6 Å². The van der Waals surface area contributed by atoms with Crippen molar-refractivity contribution in [3.63, 3.8) is 0 Å². The first-order chi connectivity index (χ1) is 18.1. The number of nitrogens with one attached hydrogen (secondary N) is 1. The van der Waals surface area contributed by atoms with Gasteiger partial charge in [0.2, 0.25) is 0 Å². The second-order valence-electron chi connectivity index (χ2n) is 9.29. The largest absolute Gasteiger partial charge is 0.491 e. The Bertz CT molecular complexity index is 1410. The summed E-state index contributed by atoms with van der Waals surface area (Å²) in [7, 11) is 1.39. The van der Waals surface area contributed by atoms with Crippen molar-refractivity contribution in [2.75, 3.05) is 26.8 Å². The molecule has 1 atom stereocenters. The fourth-order valence-electron chi connectivity index (χ4n) is 5.19. The summed E-state index contributed by atoms with van der Waals surface area (Å²) in [6.07, 6.45) is 8.42. The van der Waals surface area contributed by atoms with Gasteiger partial charge in [0.25, 0.3) is 0 Å². The Morgan fingerprint density at radius 1 is 1.11 bits per heavy atom. The Labute approximate surface area is 222 Å². The van der Waals surface area contributed by atoms with E-state index in [2.05, 4.69) is 58.5 Å². The fourth-order valence-corrected chi connectivity index (χ4v) is 5.38. The molecule has 0 aliphatic heterocycles. The van der Waals surface area contributed by atoms with Crippen molar-refractivity contribution in [3.8, 4) is 5.75 Å². The highest BCUT2D eigenvalue weighted by Gasteiger charge is 2.28. The number of carbonyl (C=O) groups excluding carboxylic acids is 1. The summed E-state index contributed by atoms with van der Waals surface area (Å²) in [6, 6.07) is 22.8. The number of fused-ring (bicyclic) bond motifs is 2. The van der Waals surface area contributed by atoms with E-state index in [9.17, 15) is 4.79 Å². The number of halogens is 1. The number of aryl methyl sites for hydroxylation is 1. The lowest BCUT2D eigenvalue weighted by atomic mass is 10.0. The molecule has 0 amide bonds. The maximum Gasteiger partial charge on any atom is 0.330 e. The Kier molecular flexibility index (Phi) is 7.93. The lowest BCUT2D eigenvalue weighted by Gasteiger charge is -2.30. The molecule has 6 heteroatoms. The van der Waals surface area contributed by atoms with Crippen molar-refractivity contribution in [2.24, 2.45) is 0 Å². The quantitative estimate of drug-likeness (QED) is 0.191. The van der Waals surface area contributed by atoms with Crippen molar-refractivity contribution in [3.05, 3.63) is 106 Å².